The highest BCUT2D eigenvalue weighted by atomic mass is 16.5. The van der Waals surface area contributed by atoms with E-state index >= 15 is 0 Å². The van der Waals surface area contributed by atoms with Crippen LogP contribution in [0.15, 0.2) is 53.3 Å². The van der Waals surface area contributed by atoms with Crippen LogP contribution in [0.3, 0.4) is 0 Å². The first-order valence-electron chi connectivity index (χ1n) is 5.69. The summed E-state index contributed by atoms with van der Waals surface area (Å²) in [6, 6.07) is 11.5. The Bertz CT molecular complexity index is 422. The predicted molar refractivity (Wildman–Crippen MR) is 64.5 cm³/mol. The molecule has 0 bridgehead atoms. The molecule has 2 unspecified atom stereocenters. The molecule has 3 heteroatoms. The topological polar surface area (TPSA) is 42.6 Å². The van der Waals surface area contributed by atoms with Gasteiger partial charge in [0.2, 0.25) is 0 Å². The van der Waals surface area contributed by atoms with Gasteiger partial charge in [0.25, 0.3) is 0 Å². The van der Waals surface area contributed by atoms with Crippen molar-refractivity contribution in [1.29, 1.82) is 0 Å². The van der Waals surface area contributed by atoms with Crippen LogP contribution in [0.4, 0.5) is 0 Å². The average Bonchev–Trinajstić information content (AvgIpc) is 2.90. The van der Waals surface area contributed by atoms with Gasteiger partial charge in [-0.1, -0.05) is 30.3 Å². The van der Waals surface area contributed by atoms with Crippen molar-refractivity contribution in [3.8, 4) is 0 Å². The van der Waals surface area contributed by atoms with E-state index < -0.39 is 6.10 Å². The van der Waals surface area contributed by atoms with Gasteiger partial charge in [0, 0.05) is 12.2 Å². The van der Waals surface area contributed by atoms with Crippen molar-refractivity contribution in [1.82, 2.24) is 0 Å². The smallest absolute Gasteiger partial charge is 0.113 e. The molecule has 17 heavy (non-hydrogen) atoms. The van der Waals surface area contributed by atoms with E-state index in [-0.39, 0.29) is 6.10 Å². The Morgan fingerprint density at radius 2 is 1.94 bits per heavy atom. The van der Waals surface area contributed by atoms with Crippen molar-refractivity contribution in [2.45, 2.75) is 19.1 Å². The standard InChI is InChI=1S/C14H16O3/c1-2-17-14(11-6-4-3-5-7-11)13(15)12-8-9-16-10-12/h3-10,13-15H,2H2,1H3. The molecule has 0 spiro atoms. The maximum absolute atomic E-state index is 10.3. The van der Waals surface area contributed by atoms with Gasteiger partial charge in [-0.15, -0.1) is 0 Å². The zero-order valence-corrected chi connectivity index (χ0v) is 9.74. The molecule has 90 valence electrons. The maximum atomic E-state index is 10.3. The molecule has 1 aromatic carbocycles. The molecule has 1 heterocycles. The summed E-state index contributed by atoms with van der Waals surface area (Å²) in [6.07, 6.45) is 2.02. The SMILES string of the molecule is CCOC(c1ccccc1)C(O)c1ccoc1. The van der Waals surface area contributed by atoms with Crippen molar-refractivity contribution in [2.24, 2.45) is 0 Å². The van der Waals surface area contributed by atoms with Crippen LogP contribution in [0.25, 0.3) is 0 Å². The Morgan fingerprint density at radius 1 is 1.18 bits per heavy atom. The molecule has 0 radical (unpaired) electrons. The summed E-state index contributed by atoms with van der Waals surface area (Å²) in [7, 11) is 0. The molecule has 0 saturated carbocycles. The largest absolute Gasteiger partial charge is 0.472 e. The zero-order valence-electron chi connectivity index (χ0n) is 9.74. The van der Waals surface area contributed by atoms with Crippen molar-refractivity contribution >= 4 is 0 Å². The fourth-order valence-electron chi connectivity index (χ4n) is 1.81. The van der Waals surface area contributed by atoms with E-state index in [2.05, 4.69) is 0 Å². The summed E-state index contributed by atoms with van der Waals surface area (Å²) >= 11 is 0. The third-order valence-corrected chi connectivity index (χ3v) is 2.65. The summed E-state index contributed by atoms with van der Waals surface area (Å²) in [5.74, 6) is 0. The van der Waals surface area contributed by atoms with E-state index in [9.17, 15) is 5.11 Å². The number of aliphatic hydroxyl groups excluding tert-OH is 1. The minimum absolute atomic E-state index is 0.362. The molecule has 0 amide bonds. The minimum Gasteiger partial charge on any atom is -0.472 e. The van der Waals surface area contributed by atoms with Crippen LogP contribution in [0.1, 0.15) is 30.3 Å². The van der Waals surface area contributed by atoms with Crippen LogP contribution in [-0.4, -0.2) is 11.7 Å². The summed E-state index contributed by atoms with van der Waals surface area (Å²) in [4.78, 5) is 0. The van der Waals surface area contributed by atoms with Gasteiger partial charge < -0.3 is 14.3 Å². The minimum atomic E-state index is -0.712. The Kier molecular flexibility index (Phi) is 3.96. The number of ether oxygens (including phenoxy) is 1. The Hall–Kier alpha value is -1.58. The second kappa shape index (κ2) is 5.66. The summed E-state index contributed by atoms with van der Waals surface area (Å²) in [5, 5.41) is 10.3. The molecule has 0 aliphatic carbocycles. The normalized spacial score (nSPS) is 14.5. The van der Waals surface area contributed by atoms with Crippen molar-refractivity contribution in [2.75, 3.05) is 6.61 Å². The Morgan fingerprint density at radius 3 is 2.53 bits per heavy atom. The van der Waals surface area contributed by atoms with Crippen LogP contribution < -0.4 is 0 Å². The van der Waals surface area contributed by atoms with E-state index in [0.29, 0.717) is 6.61 Å². The molecule has 0 aliphatic heterocycles. The lowest BCUT2D eigenvalue weighted by atomic mass is 10.0. The molecule has 1 N–H and O–H groups in total. The molecule has 0 fully saturated rings. The lowest BCUT2D eigenvalue weighted by molar-refractivity contribution is -0.0363. The van der Waals surface area contributed by atoms with Gasteiger partial charge in [0.05, 0.1) is 12.5 Å². The van der Waals surface area contributed by atoms with Gasteiger partial charge in [-0.3, -0.25) is 0 Å². The second-order valence-corrected chi connectivity index (χ2v) is 3.79. The van der Waals surface area contributed by atoms with Crippen molar-refractivity contribution in [3.05, 3.63) is 60.1 Å². The van der Waals surface area contributed by atoms with Gasteiger partial charge in [0.15, 0.2) is 0 Å². The maximum Gasteiger partial charge on any atom is 0.113 e. The van der Waals surface area contributed by atoms with E-state index in [1.54, 1.807) is 18.6 Å². The molecule has 1 aromatic heterocycles. The molecule has 3 nitrogen and oxygen atoms in total. The number of hydrogen-bond acceptors (Lipinski definition) is 3. The van der Waals surface area contributed by atoms with Crippen LogP contribution in [0.5, 0.6) is 0 Å². The number of benzene rings is 1. The van der Waals surface area contributed by atoms with Crippen molar-refractivity contribution in [3.63, 3.8) is 0 Å². The van der Waals surface area contributed by atoms with Crippen LogP contribution >= 0.6 is 0 Å². The van der Waals surface area contributed by atoms with E-state index in [1.807, 2.05) is 37.3 Å². The lowest BCUT2D eigenvalue weighted by Gasteiger charge is -2.22. The van der Waals surface area contributed by atoms with Crippen molar-refractivity contribution < 1.29 is 14.3 Å². The summed E-state index contributed by atoms with van der Waals surface area (Å²) < 4.78 is 10.6. The van der Waals surface area contributed by atoms with Gasteiger partial charge in [-0.05, 0) is 18.6 Å². The number of rotatable bonds is 5. The summed E-state index contributed by atoms with van der Waals surface area (Å²) in [6.45, 7) is 2.46. The Balaban J connectivity index is 2.23. The summed E-state index contributed by atoms with van der Waals surface area (Å²) in [5.41, 5.74) is 1.69. The fraction of sp³-hybridized carbons (Fsp3) is 0.286. The first-order valence-corrected chi connectivity index (χ1v) is 5.69. The van der Waals surface area contributed by atoms with Crippen LogP contribution in [-0.2, 0) is 4.74 Å². The average molecular weight is 232 g/mol. The molecule has 2 aromatic rings. The molecule has 2 atom stereocenters. The third-order valence-electron chi connectivity index (χ3n) is 2.65. The second-order valence-electron chi connectivity index (χ2n) is 3.79. The molecule has 0 saturated heterocycles. The van der Waals surface area contributed by atoms with Crippen LogP contribution in [0, 0.1) is 0 Å². The molecular formula is C14H16O3. The first-order chi connectivity index (χ1) is 8.33. The number of hydrogen-bond donors (Lipinski definition) is 1. The zero-order chi connectivity index (χ0) is 12.1. The van der Waals surface area contributed by atoms with Crippen LogP contribution in [0.2, 0.25) is 0 Å². The van der Waals surface area contributed by atoms with Gasteiger partial charge >= 0.3 is 0 Å². The first kappa shape index (κ1) is 11.9. The molecule has 0 aliphatic rings. The van der Waals surface area contributed by atoms with E-state index in [1.165, 1.54) is 0 Å². The van der Waals surface area contributed by atoms with Gasteiger partial charge in [-0.2, -0.15) is 0 Å². The number of aliphatic hydroxyl groups is 1. The number of furan rings is 1. The highest BCUT2D eigenvalue weighted by Crippen LogP contribution is 2.31. The predicted octanol–water partition coefficient (Wildman–Crippen LogP) is 3.09. The third kappa shape index (κ3) is 2.75. The highest BCUT2D eigenvalue weighted by Gasteiger charge is 2.23. The van der Waals surface area contributed by atoms with E-state index in [0.717, 1.165) is 11.1 Å². The van der Waals surface area contributed by atoms with E-state index in [4.69, 9.17) is 9.15 Å². The lowest BCUT2D eigenvalue weighted by Crippen LogP contribution is -2.14. The quantitative estimate of drug-likeness (QED) is 0.861. The monoisotopic (exact) mass is 232 g/mol. The highest BCUT2D eigenvalue weighted by molar-refractivity contribution is 5.22. The van der Waals surface area contributed by atoms with Gasteiger partial charge in [0.1, 0.15) is 12.2 Å². The fourth-order valence-corrected chi connectivity index (χ4v) is 1.81. The van der Waals surface area contributed by atoms with Gasteiger partial charge in [-0.25, -0.2) is 0 Å². The Labute approximate surface area is 101 Å². The molecular weight excluding hydrogens is 216 g/mol. The molecule has 2 rings (SSSR count).